The predicted molar refractivity (Wildman–Crippen MR) is 106 cm³/mol. The Morgan fingerprint density at radius 2 is 1.93 bits per heavy atom. The minimum Gasteiger partial charge on any atom is -0.495 e. The van der Waals surface area contributed by atoms with Crippen LogP contribution in [0, 0.1) is 0 Å². The molecule has 28 heavy (non-hydrogen) atoms. The molecule has 0 fully saturated rings. The van der Waals surface area contributed by atoms with Crippen molar-refractivity contribution in [1.82, 2.24) is 4.98 Å². The molecule has 8 heteroatoms. The van der Waals surface area contributed by atoms with E-state index in [1.807, 2.05) is 0 Å². The average Bonchev–Trinajstić information content (AvgIpc) is 3.16. The van der Waals surface area contributed by atoms with Gasteiger partial charge in [0.15, 0.2) is 11.5 Å². The van der Waals surface area contributed by atoms with Crippen molar-refractivity contribution in [3.05, 3.63) is 65.4 Å². The summed E-state index contributed by atoms with van der Waals surface area (Å²) in [6, 6.07) is 12.1. The fraction of sp³-hybridized carbons (Fsp3) is 0.100. The van der Waals surface area contributed by atoms with Gasteiger partial charge in [0, 0.05) is 23.0 Å². The van der Waals surface area contributed by atoms with Crippen LogP contribution in [0.3, 0.4) is 0 Å². The van der Waals surface area contributed by atoms with Gasteiger partial charge in [-0.25, -0.2) is 0 Å². The Morgan fingerprint density at radius 3 is 2.79 bits per heavy atom. The molecule has 1 amide bonds. The maximum atomic E-state index is 12.6. The van der Waals surface area contributed by atoms with Crippen LogP contribution in [0.15, 0.2) is 54.9 Å². The van der Waals surface area contributed by atoms with E-state index in [2.05, 4.69) is 15.6 Å². The summed E-state index contributed by atoms with van der Waals surface area (Å²) in [5.74, 6) is 1.58. The number of rotatable bonds is 5. The van der Waals surface area contributed by atoms with Crippen LogP contribution in [0.4, 0.5) is 17.1 Å². The number of hydrogen-bond donors (Lipinski definition) is 2. The Bertz CT molecular complexity index is 1040. The van der Waals surface area contributed by atoms with E-state index in [0.717, 1.165) is 0 Å². The maximum absolute atomic E-state index is 12.6. The van der Waals surface area contributed by atoms with E-state index in [9.17, 15) is 4.79 Å². The first-order valence-electron chi connectivity index (χ1n) is 8.39. The number of fused-ring (bicyclic) bond motifs is 1. The van der Waals surface area contributed by atoms with Gasteiger partial charge in [0.2, 0.25) is 6.79 Å². The number of halogens is 1. The third-order valence-corrected chi connectivity index (χ3v) is 4.31. The van der Waals surface area contributed by atoms with Crippen molar-refractivity contribution < 1.29 is 19.0 Å². The van der Waals surface area contributed by atoms with E-state index in [-0.39, 0.29) is 12.7 Å². The number of nitrogens with zero attached hydrogens (tertiary/aromatic N) is 1. The third-order valence-electron chi connectivity index (χ3n) is 4.07. The second-order valence-electron chi connectivity index (χ2n) is 5.95. The molecule has 1 aliphatic rings. The van der Waals surface area contributed by atoms with Gasteiger partial charge in [-0.2, -0.15) is 0 Å². The summed E-state index contributed by atoms with van der Waals surface area (Å²) < 4.78 is 15.9. The van der Waals surface area contributed by atoms with E-state index in [0.29, 0.717) is 44.9 Å². The molecule has 2 heterocycles. The molecule has 0 unspecified atom stereocenters. The molecule has 4 rings (SSSR count). The molecule has 0 saturated heterocycles. The monoisotopic (exact) mass is 397 g/mol. The SMILES string of the molecule is COc1ccc(Cl)cc1Nc1cncc(C(=O)Nc2ccc3c(c2)OCO3)c1. The second kappa shape index (κ2) is 7.66. The molecule has 3 aromatic rings. The lowest BCUT2D eigenvalue weighted by molar-refractivity contribution is 0.102. The first kappa shape index (κ1) is 17.9. The largest absolute Gasteiger partial charge is 0.495 e. The summed E-state index contributed by atoms with van der Waals surface area (Å²) in [5, 5.41) is 6.55. The summed E-state index contributed by atoms with van der Waals surface area (Å²) >= 11 is 6.06. The molecule has 0 radical (unpaired) electrons. The van der Waals surface area contributed by atoms with Gasteiger partial charge in [-0.3, -0.25) is 9.78 Å². The molecule has 142 valence electrons. The van der Waals surface area contributed by atoms with Crippen LogP contribution in [-0.2, 0) is 0 Å². The standard InChI is InChI=1S/C20H16ClN3O4/c1-26-17-4-2-13(21)7-16(17)23-15-6-12(9-22-10-15)20(25)24-14-3-5-18-19(8-14)28-11-27-18/h2-10,23H,11H2,1H3,(H,24,25). The zero-order valence-corrected chi connectivity index (χ0v) is 15.6. The predicted octanol–water partition coefficient (Wildman–Crippen LogP) is 4.47. The summed E-state index contributed by atoms with van der Waals surface area (Å²) in [6.45, 7) is 0.178. The maximum Gasteiger partial charge on any atom is 0.257 e. The Labute approximate surface area is 166 Å². The van der Waals surface area contributed by atoms with E-state index in [1.165, 1.54) is 6.20 Å². The number of carbonyl (C=O) groups excluding carboxylic acids is 1. The zero-order valence-electron chi connectivity index (χ0n) is 14.9. The van der Waals surface area contributed by atoms with Crippen LogP contribution in [0.2, 0.25) is 5.02 Å². The highest BCUT2D eigenvalue weighted by atomic mass is 35.5. The van der Waals surface area contributed by atoms with Crippen molar-refractivity contribution >= 4 is 34.6 Å². The Morgan fingerprint density at radius 1 is 1.07 bits per heavy atom. The highest BCUT2D eigenvalue weighted by Crippen LogP contribution is 2.34. The first-order valence-corrected chi connectivity index (χ1v) is 8.77. The van der Waals surface area contributed by atoms with Gasteiger partial charge in [-0.1, -0.05) is 11.6 Å². The Kier molecular flexibility index (Phi) is 4.90. The lowest BCUT2D eigenvalue weighted by Crippen LogP contribution is -2.12. The molecule has 1 aromatic heterocycles. The van der Waals surface area contributed by atoms with Crippen LogP contribution in [0.1, 0.15) is 10.4 Å². The van der Waals surface area contributed by atoms with E-state index in [4.69, 9.17) is 25.8 Å². The smallest absolute Gasteiger partial charge is 0.257 e. The molecule has 1 aliphatic heterocycles. The average molecular weight is 398 g/mol. The highest BCUT2D eigenvalue weighted by Gasteiger charge is 2.15. The molecular formula is C20H16ClN3O4. The number of methoxy groups -OCH3 is 1. The minimum absolute atomic E-state index is 0.178. The van der Waals surface area contributed by atoms with Crippen LogP contribution in [0.25, 0.3) is 0 Å². The molecular weight excluding hydrogens is 382 g/mol. The molecule has 0 bridgehead atoms. The van der Waals surface area contributed by atoms with E-state index in [1.54, 1.807) is 55.8 Å². The fourth-order valence-corrected chi connectivity index (χ4v) is 2.92. The van der Waals surface area contributed by atoms with Crippen LogP contribution < -0.4 is 24.8 Å². The van der Waals surface area contributed by atoms with Crippen LogP contribution >= 0.6 is 11.6 Å². The van der Waals surface area contributed by atoms with Crippen molar-refractivity contribution in [2.24, 2.45) is 0 Å². The van der Waals surface area contributed by atoms with Gasteiger partial charge in [-0.15, -0.1) is 0 Å². The minimum atomic E-state index is -0.298. The first-order chi connectivity index (χ1) is 13.6. The Balaban J connectivity index is 1.52. The topological polar surface area (TPSA) is 81.7 Å². The lowest BCUT2D eigenvalue weighted by atomic mass is 10.2. The fourth-order valence-electron chi connectivity index (χ4n) is 2.74. The normalized spacial score (nSPS) is 11.8. The molecule has 0 spiro atoms. The third kappa shape index (κ3) is 3.79. The van der Waals surface area contributed by atoms with Gasteiger partial charge < -0.3 is 24.8 Å². The molecule has 0 aliphatic carbocycles. The van der Waals surface area contributed by atoms with Crippen molar-refractivity contribution in [3.8, 4) is 17.2 Å². The number of hydrogen-bond acceptors (Lipinski definition) is 6. The molecule has 7 nitrogen and oxygen atoms in total. The number of nitrogens with one attached hydrogen (secondary N) is 2. The van der Waals surface area contributed by atoms with E-state index >= 15 is 0 Å². The number of ether oxygens (including phenoxy) is 3. The van der Waals surface area contributed by atoms with Gasteiger partial charge >= 0.3 is 0 Å². The van der Waals surface area contributed by atoms with Gasteiger partial charge in [0.05, 0.1) is 30.2 Å². The van der Waals surface area contributed by atoms with Crippen LogP contribution in [-0.4, -0.2) is 24.8 Å². The Hall–Kier alpha value is -3.45. The van der Waals surface area contributed by atoms with Crippen molar-refractivity contribution in [2.75, 3.05) is 24.5 Å². The van der Waals surface area contributed by atoms with Crippen molar-refractivity contribution in [2.45, 2.75) is 0 Å². The number of anilines is 3. The molecule has 0 atom stereocenters. The summed E-state index contributed by atoms with van der Waals surface area (Å²) in [5.41, 5.74) is 2.29. The number of carbonyl (C=O) groups is 1. The van der Waals surface area contributed by atoms with Gasteiger partial charge in [-0.05, 0) is 36.4 Å². The second-order valence-corrected chi connectivity index (χ2v) is 6.39. The molecule has 0 saturated carbocycles. The molecule has 2 N–H and O–H groups in total. The number of aromatic nitrogens is 1. The van der Waals surface area contributed by atoms with Gasteiger partial charge in [0.1, 0.15) is 5.75 Å². The summed E-state index contributed by atoms with van der Waals surface area (Å²) in [6.07, 6.45) is 3.10. The van der Waals surface area contributed by atoms with Crippen LogP contribution in [0.5, 0.6) is 17.2 Å². The quantitative estimate of drug-likeness (QED) is 0.661. The van der Waals surface area contributed by atoms with Gasteiger partial charge in [0.25, 0.3) is 5.91 Å². The van der Waals surface area contributed by atoms with Crippen molar-refractivity contribution in [1.29, 1.82) is 0 Å². The lowest BCUT2D eigenvalue weighted by Gasteiger charge is -2.12. The number of pyridine rings is 1. The zero-order chi connectivity index (χ0) is 19.5. The number of amides is 1. The summed E-state index contributed by atoms with van der Waals surface area (Å²) in [7, 11) is 1.57. The van der Waals surface area contributed by atoms with E-state index < -0.39 is 0 Å². The van der Waals surface area contributed by atoms with Crippen molar-refractivity contribution in [3.63, 3.8) is 0 Å². The number of benzene rings is 2. The molecule has 2 aromatic carbocycles. The highest BCUT2D eigenvalue weighted by molar-refractivity contribution is 6.31. The summed E-state index contributed by atoms with van der Waals surface area (Å²) in [4.78, 5) is 16.7.